The SMILES string of the molecule is C1=Cc2nc1c(-c1ccccc1)c1nc(c(-c3ccccc3)c3[nH]c(cc3Nc3ccccc3)c(-c3ccccc3)c3ccc([nH]3)c2-c2ccccc2)C=C1. The van der Waals surface area contributed by atoms with E-state index in [2.05, 4.69) is 197 Å². The molecule has 0 amide bonds. The zero-order valence-corrected chi connectivity index (χ0v) is 29.9. The topological polar surface area (TPSA) is 69.4 Å². The van der Waals surface area contributed by atoms with Crippen LogP contribution in [0.4, 0.5) is 11.4 Å². The van der Waals surface area contributed by atoms with Crippen molar-refractivity contribution in [3.8, 4) is 44.5 Å². The van der Waals surface area contributed by atoms with E-state index in [0.29, 0.717) is 0 Å². The predicted octanol–water partition coefficient (Wildman–Crippen LogP) is 13.1. The van der Waals surface area contributed by atoms with E-state index in [9.17, 15) is 0 Å². The highest BCUT2D eigenvalue weighted by Crippen LogP contribution is 2.41. The van der Waals surface area contributed by atoms with Crippen LogP contribution in [0, 0.1) is 0 Å². The van der Waals surface area contributed by atoms with E-state index >= 15 is 0 Å². The number of hydrogen-bond donors (Lipinski definition) is 3. The average Bonchev–Trinajstić information content (AvgIpc) is 4.08. The predicted molar refractivity (Wildman–Crippen MR) is 230 cm³/mol. The maximum absolute atomic E-state index is 5.45. The molecular formula is C50H35N5. The largest absolute Gasteiger partial charge is 0.354 e. The first-order chi connectivity index (χ1) is 27.3. The number of fused-ring (bicyclic) bond motifs is 8. The summed E-state index contributed by atoms with van der Waals surface area (Å²) in [5.74, 6) is 0. The molecule has 3 aromatic heterocycles. The van der Waals surface area contributed by atoms with Gasteiger partial charge in [0.25, 0.3) is 0 Å². The van der Waals surface area contributed by atoms with Crippen molar-refractivity contribution in [3.63, 3.8) is 0 Å². The van der Waals surface area contributed by atoms with Crippen molar-refractivity contribution in [3.05, 3.63) is 193 Å². The van der Waals surface area contributed by atoms with Crippen LogP contribution in [0.15, 0.2) is 170 Å². The molecule has 2 aliphatic rings. The molecule has 8 aromatic rings. The van der Waals surface area contributed by atoms with Crippen LogP contribution in [0.3, 0.4) is 0 Å². The summed E-state index contributed by atoms with van der Waals surface area (Å²) in [6, 6.07) is 59.0. The third-order valence-electron chi connectivity index (χ3n) is 10.2. The molecule has 5 nitrogen and oxygen atoms in total. The fourth-order valence-electron chi connectivity index (χ4n) is 7.69. The van der Waals surface area contributed by atoms with Gasteiger partial charge in [0.05, 0.1) is 39.5 Å². The molecule has 0 aliphatic carbocycles. The van der Waals surface area contributed by atoms with Gasteiger partial charge in [0.1, 0.15) is 0 Å². The minimum absolute atomic E-state index is 0.857. The number of hydrogen-bond acceptors (Lipinski definition) is 3. The lowest BCUT2D eigenvalue weighted by Crippen LogP contribution is -1.92. The van der Waals surface area contributed by atoms with Crippen molar-refractivity contribution < 1.29 is 0 Å². The lowest BCUT2D eigenvalue weighted by Gasteiger charge is -2.09. The molecule has 0 unspecified atom stereocenters. The van der Waals surface area contributed by atoms with Gasteiger partial charge in [0, 0.05) is 39.0 Å². The molecule has 0 radical (unpaired) electrons. The molecule has 3 N–H and O–H groups in total. The summed E-state index contributed by atoms with van der Waals surface area (Å²) in [6.07, 6.45) is 8.51. The fraction of sp³-hybridized carbons (Fsp3) is 0. The van der Waals surface area contributed by atoms with Crippen molar-refractivity contribution in [2.75, 3.05) is 5.32 Å². The summed E-state index contributed by atoms with van der Waals surface area (Å²) < 4.78 is 0. The van der Waals surface area contributed by atoms with Crippen LogP contribution in [0.1, 0.15) is 22.8 Å². The molecule has 10 rings (SSSR count). The van der Waals surface area contributed by atoms with Crippen molar-refractivity contribution >= 4 is 57.7 Å². The number of para-hydroxylation sites is 1. The lowest BCUT2D eigenvalue weighted by molar-refractivity contribution is 1.28. The monoisotopic (exact) mass is 705 g/mol. The minimum atomic E-state index is 0.857. The number of H-pyrrole nitrogens is 2. The Bertz CT molecular complexity index is 2910. The molecule has 0 atom stereocenters. The maximum Gasteiger partial charge on any atom is 0.0738 e. The van der Waals surface area contributed by atoms with Crippen molar-refractivity contribution in [2.24, 2.45) is 0 Å². The van der Waals surface area contributed by atoms with Crippen molar-refractivity contribution in [1.29, 1.82) is 0 Å². The van der Waals surface area contributed by atoms with Gasteiger partial charge in [-0.15, -0.1) is 0 Å². The number of anilines is 2. The Balaban J connectivity index is 1.42. The number of nitrogens with one attached hydrogen (secondary N) is 3. The van der Waals surface area contributed by atoms with Crippen LogP contribution < -0.4 is 5.32 Å². The lowest BCUT2D eigenvalue weighted by atomic mass is 10.0. The quantitative estimate of drug-likeness (QED) is 0.161. The van der Waals surface area contributed by atoms with Gasteiger partial charge in [-0.1, -0.05) is 140 Å². The van der Waals surface area contributed by atoms with Gasteiger partial charge in [-0.2, -0.15) is 0 Å². The van der Waals surface area contributed by atoms with E-state index in [1.807, 2.05) is 12.1 Å². The van der Waals surface area contributed by atoms with E-state index in [4.69, 9.17) is 9.97 Å². The number of aromatic nitrogens is 4. The van der Waals surface area contributed by atoms with Crippen molar-refractivity contribution in [2.45, 2.75) is 0 Å². The molecule has 5 aromatic carbocycles. The molecular weight excluding hydrogens is 671 g/mol. The summed E-state index contributed by atoms with van der Waals surface area (Å²) in [5.41, 5.74) is 17.6. The second kappa shape index (κ2) is 13.8. The summed E-state index contributed by atoms with van der Waals surface area (Å²) in [5, 5.41) is 3.77. The third kappa shape index (κ3) is 6.04. The Kier molecular flexibility index (Phi) is 8.08. The van der Waals surface area contributed by atoms with Gasteiger partial charge >= 0.3 is 0 Å². The zero-order valence-electron chi connectivity index (χ0n) is 29.9. The smallest absolute Gasteiger partial charge is 0.0738 e. The van der Waals surface area contributed by atoms with Gasteiger partial charge in [0.15, 0.2) is 0 Å². The summed E-state index contributed by atoms with van der Waals surface area (Å²) >= 11 is 0. The van der Waals surface area contributed by atoms with Gasteiger partial charge in [-0.25, -0.2) is 9.97 Å². The number of nitrogens with zero attached hydrogens (tertiary/aromatic N) is 2. The summed E-state index contributed by atoms with van der Waals surface area (Å²) in [6.45, 7) is 0. The number of benzene rings is 5. The molecule has 8 bridgehead atoms. The molecule has 0 fully saturated rings. The molecule has 260 valence electrons. The van der Waals surface area contributed by atoms with Crippen LogP contribution >= 0.6 is 0 Å². The van der Waals surface area contributed by atoms with Gasteiger partial charge < -0.3 is 15.3 Å². The first-order valence-corrected chi connectivity index (χ1v) is 18.5. The Labute approximate surface area is 319 Å². The van der Waals surface area contributed by atoms with Crippen LogP contribution in [0.2, 0.25) is 0 Å². The Hall–Kier alpha value is -7.50. The maximum atomic E-state index is 5.45. The molecule has 0 saturated heterocycles. The normalized spacial score (nSPS) is 11.9. The van der Waals surface area contributed by atoms with Crippen molar-refractivity contribution in [1.82, 2.24) is 19.9 Å². The summed E-state index contributed by atoms with van der Waals surface area (Å²) in [7, 11) is 0. The van der Waals surface area contributed by atoms with E-state index < -0.39 is 0 Å². The van der Waals surface area contributed by atoms with E-state index in [1.165, 1.54) is 0 Å². The molecule has 2 aliphatic heterocycles. The standard InChI is InChI=1S/C50H35N5/c1-6-16-33(17-7-1)46-38-26-27-39(52-38)47(34-18-8-2-9-19-34)41-30-31-43(54-41)49(36-22-12-4-13-23-36)50-45(51-37-24-14-5-15-25-37)32-44(55-50)48(35-20-10-3-11-21-35)42-29-28-40(46)53-42/h1-32,51,53,55H. The Morgan fingerprint density at radius 1 is 0.345 bits per heavy atom. The molecule has 5 heterocycles. The molecule has 0 saturated carbocycles. The fourth-order valence-corrected chi connectivity index (χ4v) is 7.69. The van der Waals surface area contributed by atoms with Gasteiger partial charge in [0.2, 0.25) is 0 Å². The Morgan fingerprint density at radius 3 is 1.27 bits per heavy atom. The highest BCUT2D eigenvalue weighted by atomic mass is 14.9. The summed E-state index contributed by atoms with van der Waals surface area (Å²) in [4.78, 5) is 18.6. The minimum Gasteiger partial charge on any atom is -0.354 e. The average molecular weight is 706 g/mol. The third-order valence-corrected chi connectivity index (χ3v) is 10.2. The van der Waals surface area contributed by atoms with Crippen LogP contribution in [-0.2, 0) is 0 Å². The highest BCUT2D eigenvalue weighted by Gasteiger charge is 2.20. The molecule has 0 spiro atoms. The number of rotatable bonds is 6. The second-order valence-corrected chi connectivity index (χ2v) is 13.6. The first kappa shape index (κ1) is 32.2. The number of aromatic amines is 2. The van der Waals surface area contributed by atoms with Crippen LogP contribution in [0.25, 0.3) is 90.9 Å². The van der Waals surface area contributed by atoms with E-state index in [0.717, 1.165) is 101 Å². The van der Waals surface area contributed by atoms with E-state index in [-0.39, 0.29) is 0 Å². The van der Waals surface area contributed by atoms with Crippen LogP contribution in [-0.4, -0.2) is 19.9 Å². The zero-order chi connectivity index (χ0) is 36.6. The van der Waals surface area contributed by atoms with E-state index in [1.54, 1.807) is 0 Å². The molecule has 55 heavy (non-hydrogen) atoms. The molecule has 5 heteroatoms. The van der Waals surface area contributed by atoms with Gasteiger partial charge in [-0.3, -0.25) is 0 Å². The van der Waals surface area contributed by atoms with Crippen LogP contribution in [0.5, 0.6) is 0 Å². The van der Waals surface area contributed by atoms with Gasteiger partial charge in [-0.05, 0) is 76.9 Å². The first-order valence-electron chi connectivity index (χ1n) is 18.5. The Morgan fingerprint density at radius 2 is 0.745 bits per heavy atom. The second-order valence-electron chi connectivity index (χ2n) is 13.6. The highest BCUT2D eigenvalue weighted by molar-refractivity contribution is 6.04.